The number of carbonyl (C=O) groups excluding carboxylic acids is 1. The smallest absolute Gasteiger partial charge is 0.264 e. The topological polar surface area (TPSA) is 92.7 Å². The molecule has 0 aliphatic carbocycles. The number of aromatic amines is 1. The number of benzene rings is 1. The van der Waals surface area contributed by atoms with Crippen molar-refractivity contribution in [2.24, 2.45) is 0 Å². The van der Waals surface area contributed by atoms with Crippen LogP contribution in [0, 0.1) is 12.7 Å². The first-order valence-corrected chi connectivity index (χ1v) is 7.74. The van der Waals surface area contributed by atoms with Crippen molar-refractivity contribution in [1.29, 1.82) is 0 Å². The van der Waals surface area contributed by atoms with Crippen LogP contribution in [0.2, 0.25) is 0 Å². The van der Waals surface area contributed by atoms with Crippen LogP contribution in [0.1, 0.15) is 29.2 Å². The van der Waals surface area contributed by atoms with Gasteiger partial charge < -0.3 is 5.32 Å². The van der Waals surface area contributed by atoms with E-state index < -0.39 is 5.92 Å². The van der Waals surface area contributed by atoms with E-state index in [1.807, 2.05) is 0 Å². The molecule has 7 nitrogen and oxygen atoms in total. The van der Waals surface area contributed by atoms with Crippen molar-refractivity contribution < 1.29 is 9.18 Å². The van der Waals surface area contributed by atoms with Gasteiger partial charge in [0.1, 0.15) is 11.6 Å². The van der Waals surface area contributed by atoms with Gasteiger partial charge >= 0.3 is 0 Å². The number of amides is 1. The maximum atomic E-state index is 14.3. The van der Waals surface area contributed by atoms with E-state index in [9.17, 15) is 14.0 Å². The average Bonchev–Trinajstić information content (AvgIpc) is 2.92. The number of nitrogens with one attached hydrogen (secondary N) is 2. The number of anilines is 1. The van der Waals surface area contributed by atoms with E-state index in [-0.39, 0.29) is 23.7 Å². The Hall–Kier alpha value is -3.29. The lowest BCUT2D eigenvalue weighted by atomic mass is 9.85. The fourth-order valence-corrected chi connectivity index (χ4v) is 3.19. The Labute approximate surface area is 141 Å². The number of H-pyrrole nitrogens is 1. The standard InChI is InChI=1S/C17H14FN5O2/c1-9-16-11(10-4-2-3-5-12(10)18)8-15(25)19-17(16)23(22-9)13-6-7-14(24)21-20-13/h2-7,11H,8H2,1H3,(H,19,25)(H,21,24)/t11-/m1/s1. The van der Waals surface area contributed by atoms with Gasteiger partial charge in [-0.1, -0.05) is 18.2 Å². The minimum Gasteiger partial charge on any atom is -0.310 e. The molecule has 3 aromatic rings. The van der Waals surface area contributed by atoms with Gasteiger partial charge in [0.2, 0.25) is 5.91 Å². The summed E-state index contributed by atoms with van der Waals surface area (Å²) in [5, 5.41) is 13.5. The summed E-state index contributed by atoms with van der Waals surface area (Å²) in [4.78, 5) is 23.4. The number of aryl methyl sites for hydroxylation is 1. The number of fused-ring (bicyclic) bond motifs is 1. The summed E-state index contributed by atoms with van der Waals surface area (Å²) in [6.07, 6.45) is 0.138. The summed E-state index contributed by atoms with van der Waals surface area (Å²) >= 11 is 0. The molecule has 126 valence electrons. The Kier molecular flexibility index (Phi) is 3.45. The van der Waals surface area contributed by atoms with Gasteiger partial charge in [-0.25, -0.2) is 9.49 Å². The Bertz CT molecular complexity index is 1020. The van der Waals surface area contributed by atoms with Crippen LogP contribution < -0.4 is 10.9 Å². The molecule has 8 heteroatoms. The highest BCUT2D eigenvalue weighted by Crippen LogP contribution is 2.40. The van der Waals surface area contributed by atoms with Crippen molar-refractivity contribution >= 4 is 11.7 Å². The van der Waals surface area contributed by atoms with Crippen LogP contribution in [-0.2, 0) is 4.79 Å². The number of nitrogens with zero attached hydrogens (tertiary/aromatic N) is 3. The summed E-state index contributed by atoms with van der Waals surface area (Å²) in [7, 11) is 0. The van der Waals surface area contributed by atoms with Crippen LogP contribution in [0.3, 0.4) is 0 Å². The van der Waals surface area contributed by atoms with E-state index in [4.69, 9.17) is 0 Å². The van der Waals surface area contributed by atoms with E-state index in [1.54, 1.807) is 25.1 Å². The normalized spacial score (nSPS) is 16.4. The van der Waals surface area contributed by atoms with Crippen LogP contribution in [0.15, 0.2) is 41.2 Å². The molecule has 1 aromatic carbocycles. The van der Waals surface area contributed by atoms with E-state index in [0.29, 0.717) is 22.9 Å². The first-order valence-electron chi connectivity index (χ1n) is 7.74. The molecule has 1 aliphatic heterocycles. The number of rotatable bonds is 2. The lowest BCUT2D eigenvalue weighted by Crippen LogP contribution is -2.25. The Morgan fingerprint density at radius 3 is 2.72 bits per heavy atom. The Balaban J connectivity index is 1.91. The van der Waals surface area contributed by atoms with Crippen molar-refractivity contribution in [2.75, 3.05) is 5.32 Å². The summed E-state index contributed by atoms with van der Waals surface area (Å²) in [6, 6.07) is 9.24. The molecule has 2 aromatic heterocycles. The summed E-state index contributed by atoms with van der Waals surface area (Å²) < 4.78 is 15.7. The molecule has 1 amide bonds. The third kappa shape index (κ3) is 2.51. The second kappa shape index (κ2) is 5.66. The predicted molar refractivity (Wildman–Crippen MR) is 88.2 cm³/mol. The molecule has 0 radical (unpaired) electrons. The maximum Gasteiger partial charge on any atom is 0.264 e. The molecule has 1 atom stereocenters. The van der Waals surface area contributed by atoms with Gasteiger partial charge in [0.25, 0.3) is 5.56 Å². The van der Waals surface area contributed by atoms with Crippen LogP contribution in [0.25, 0.3) is 5.82 Å². The molecule has 0 unspecified atom stereocenters. The second-order valence-electron chi connectivity index (χ2n) is 5.87. The zero-order valence-electron chi connectivity index (χ0n) is 13.3. The first kappa shape index (κ1) is 15.3. The van der Waals surface area contributed by atoms with E-state index in [0.717, 1.165) is 5.56 Å². The summed E-state index contributed by atoms with van der Waals surface area (Å²) in [5.74, 6) is -0.213. The van der Waals surface area contributed by atoms with Gasteiger partial charge in [-0.15, -0.1) is 0 Å². The highest BCUT2D eigenvalue weighted by molar-refractivity contribution is 5.95. The van der Waals surface area contributed by atoms with Gasteiger partial charge in [0.05, 0.1) is 5.69 Å². The highest BCUT2D eigenvalue weighted by Gasteiger charge is 2.34. The molecule has 0 saturated heterocycles. The molecule has 25 heavy (non-hydrogen) atoms. The molecular weight excluding hydrogens is 325 g/mol. The fourth-order valence-electron chi connectivity index (χ4n) is 3.19. The van der Waals surface area contributed by atoms with Crippen molar-refractivity contribution in [1.82, 2.24) is 20.0 Å². The summed E-state index contributed by atoms with van der Waals surface area (Å²) in [5.41, 5.74) is 1.53. The van der Waals surface area contributed by atoms with Gasteiger partial charge in [-0.2, -0.15) is 14.9 Å². The van der Waals surface area contributed by atoms with Gasteiger partial charge in [0.15, 0.2) is 5.82 Å². The largest absolute Gasteiger partial charge is 0.310 e. The molecule has 0 spiro atoms. The highest BCUT2D eigenvalue weighted by atomic mass is 19.1. The number of hydrogen-bond donors (Lipinski definition) is 2. The monoisotopic (exact) mass is 339 g/mol. The van der Waals surface area contributed by atoms with Crippen molar-refractivity contribution in [3.63, 3.8) is 0 Å². The Morgan fingerprint density at radius 1 is 1.20 bits per heavy atom. The zero-order valence-corrected chi connectivity index (χ0v) is 13.3. The first-order chi connectivity index (χ1) is 12.0. The molecule has 1 aliphatic rings. The minimum atomic E-state index is -0.429. The third-order valence-electron chi connectivity index (χ3n) is 4.26. The maximum absolute atomic E-state index is 14.3. The number of carbonyl (C=O) groups is 1. The van der Waals surface area contributed by atoms with Crippen LogP contribution in [0.4, 0.5) is 10.2 Å². The zero-order chi connectivity index (χ0) is 17.6. The second-order valence-corrected chi connectivity index (χ2v) is 5.87. The predicted octanol–water partition coefficient (Wildman–Crippen LogP) is 1.88. The third-order valence-corrected chi connectivity index (χ3v) is 4.26. The van der Waals surface area contributed by atoms with Gasteiger partial charge in [-0.05, 0) is 24.6 Å². The van der Waals surface area contributed by atoms with E-state index in [1.165, 1.54) is 22.9 Å². The van der Waals surface area contributed by atoms with Gasteiger partial charge in [-0.3, -0.25) is 9.59 Å². The lowest BCUT2D eigenvalue weighted by Gasteiger charge is -2.24. The molecular formula is C17H14FN5O2. The number of aromatic nitrogens is 4. The SMILES string of the molecule is Cc1nn(-c2ccc(=O)[nH]n2)c2c1[C@@H](c1ccccc1F)CC(=O)N2. The van der Waals surface area contributed by atoms with Crippen molar-refractivity contribution in [2.45, 2.75) is 19.3 Å². The molecule has 4 rings (SSSR count). The van der Waals surface area contributed by atoms with Crippen LogP contribution >= 0.6 is 0 Å². The quantitative estimate of drug-likeness (QED) is 0.745. The van der Waals surface area contributed by atoms with Gasteiger partial charge in [0, 0.05) is 24.0 Å². The lowest BCUT2D eigenvalue weighted by molar-refractivity contribution is -0.116. The molecule has 0 saturated carbocycles. The summed E-state index contributed by atoms with van der Waals surface area (Å²) in [6.45, 7) is 1.80. The fraction of sp³-hybridized carbons (Fsp3) is 0.176. The molecule has 0 fully saturated rings. The van der Waals surface area contributed by atoms with E-state index in [2.05, 4.69) is 20.6 Å². The molecule has 0 bridgehead atoms. The average molecular weight is 339 g/mol. The van der Waals surface area contributed by atoms with Crippen LogP contribution in [0.5, 0.6) is 0 Å². The van der Waals surface area contributed by atoms with E-state index >= 15 is 0 Å². The van der Waals surface area contributed by atoms with Crippen LogP contribution in [-0.4, -0.2) is 25.9 Å². The molecule has 2 N–H and O–H groups in total. The number of halogens is 1. The number of hydrogen-bond acceptors (Lipinski definition) is 4. The van der Waals surface area contributed by atoms with Crippen molar-refractivity contribution in [3.8, 4) is 5.82 Å². The minimum absolute atomic E-state index is 0.138. The Morgan fingerprint density at radius 2 is 2.00 bits per heavy atom. The molecule has 3 heterocycles. The van der Waals surface area contributed by atoms with Crippen molar-refractivity contribution in [3.05, 3.63) is 69.4 Å².